The van der Waals surface area contributed by atoms with Crippen LogP contribution in [0.15, 0.2) is 48.8 Å². The van der Waals surface area contributed by atoms with Crippen molar-refractivity contribution in [1.82, 2.24) is 14.9 Å². The van der Waals surface area contributed by atoms with Gasteiger partial charge in [-0.3, -0.25) is 14.9 Å². The fourth-order valence-corrected chi connectivity index (χ4v) is 3.20. The van der Waals surface area contributed by atoms with Gasteiger partial charge in [-0.05, 0) is 61.3 Å². The van der Waals surface area contributed by atoms with E-state index in [0.717, 1.165) is 40.8 Å². The van der Waals surface area contributed by atoms with Crippen molar-refractivity contribution in [3.63, 3.8) is 0 Å². The minimum absolute atomic E-state index is 0.124. The third-order valence-corrected chi connectivity index (χ3v) is 4.44. The summed E-state index contributed by atoms with van der Waals surface area (Å²) in [6.07, 6.45) is 5.80. The highest BCUT2D eigenvalue weighted by molar-refractivity contribution is 5.81. The fraction of sp³-hybridized carbons (Fsp3) is 0.263. The van der Waals surface area contributed by atoms with Crippen molar-refractivity contribution >= 4 is 11.0 Å². The lowest BCUT2D eigenvalue weighted by atomic mass is 10.0. The van der Waals surface area contributed by atoms with Gasteiger partial charge in [0.15, 0.2) is 0 Å². The molecule has 1 aliphatic heterocycles. The van der Waals surface area contributed by atoms with Crippen LogP contribution in [0.2, 0.25) is 0 Å². The topological polar surface area (TPSA) is 29.0 Å². The summed E-state index contributed by atoms with van der Waals surface area (Å²) in [6.45, 7) is 2.82. The second-order valence-corrected chi connectivity index (χ2v) is 6.05. The molecule has 0 amide bonds. The largest absolute Gasteiger partial charge is 0.299 e. The Kier molecular flexibility index (Phi) is 3.75. The van der Waals surface area contributed by atoms with E-state index in [0.29, 0.717) is 6.54 Å². The molecule has 1 fully saturated rings. The molecule has 1 aliphatic rings. The Morgan fingerprint density at radius 1 is 0.870 bits per heavy atom. The van der Waals surface area contributed by atoms with Gasteiger partial charge in [0.25, 0.3) is 0 Å². The number of rotatable bonds is 3. The molecule has 0 unspecified atom stereocenters. The molecule has 3 nitrogen and oxygen atoms in total. The van der Waals surface area contributed by atoms with Crippen LogP contribution in [0, 0.1) is 5.82 Å². The van der Waals surface area contributed by atoms with Gasteiger partial charge in [0.2, 0.25) is 0 Å². The second-order valence-electron chi connectivity index (χ2n) is 6.05. The number of fused-ring (bicyclic) bond motifs is 1. The van der Waals surface area contributed by atoms with Crippen LogP contribution >= 0.6 is 0 Å². The minimum Gasteiger partial charge on any atom is -0.299 e. The summed E-state index contributed by atoms with van der Waals surface area (Å²) >= 11 is 0. The Bertz CT molecular complexity index is 841. The summed E-state index contributed by atoms with van der Waals surface area (Å²) in [6, 6.07) is 11.4. The molecule has 1 saturated heterocycles. The lowest BCUT2D eigenvalue weighted by Crippen LogP contribution is -2.19. The monoisotopic (exact) mass is 307 g/mol. The molecular weight excluding hydrogens is 289 g/mol. The first kappa shape index (κ1) is 14.3. The highest BCUT2D eigenvalue weighted by Gasteiger charge is 2.14. The third kappa shape index (κ3) is 2.94. The highest BCUT2D eigenvalue weighted by atomic mass is 19.1. The minimum atomic E-state index is -0.124. The van der Waals surface area contributed by atoms with E-state index >= 15 is 0 Å². The molecule has 4 rings (SSSR count). The first-order chi connectivity index (χ1) is 11.3. The van der Waals surface area contributed by atoms with Crippen LogP contribution in [0.4, 0.5) is 4.39 Å². The summed E-state index contributed by atoms with van der Waals surface area (Å²) in [5.41, 5.74) is 4.56. The van der Waals surface area contributed by atoms with Crippen molar-refractivity contribution in [3.8, 4) is 11.1 Å². The van der Waals surface area contributed by atoms with Crippen LogP contribution in [0.3, 0.4) is 0 Å². The molecule has 0 bridgehead atoms. The second kappa shape index (κ2) is 6.05. The summed E-state index contributed by atoms with van der Waals surface area (Å²) < 4.78 is 14.1. The lowest BCUT2D eigenvalue weighted by Gasteiger charge is -2.16. The van der Waals surface area contributed by atoms with E-state index in [1.807, 2.05) is 30.3 Å². The van der Waals surface area contributed by atoms with Gasteiger partial charge in [-0.15, -0.1) is 0 Å². The predicted octanol–water partition coefficient (Wildman–Crippen LogP) is 4.03. The van der Waals surface area contributed by atoms with Gasteiger partial charge < -0.3 is 0 Å². The maximum absolute atomic E-state index is 14.1. The van der Waals surface area contributed by atoms with Gasteiger partial charge >= 0.3 is 0 Å². The van der Waals surface area contributed by atoms with Gasteiger partial charge in [0, 0.05) is 24.5 Å². The summed E-state index contributed by atoms with van der Waals surface area (Å²) in [5.74, 6) is -0.124. The molecule has 2 heterocycles. The van der Waals surface area contributed by atoms with E-state index in [-0.39, 0.29) is 5.82 Å². The molecule has 0 spiro atoms. The first-order valence-corrected chi connectivity index (χ1v) is 8.01. The Balaban J connectivity index is 1.69. The molecule has 0 N–H and O–H groups in total. The number of nitrogens with zero attached hydrogens (tertiary/aromatic N) is 3. The van der Waals surface area contributed by atoms with Crippen molar-refractivity contribution in [2.45, 2.75) is 19.4 Å². The molecule has 1 aromatic heterocycles. The molecular formula is C19H18FN3. The van der Waals surface area contributed by atoms with Crippen LogP contribution in [0.1, 0.15) is 18.4 Å². The number of benzene rings is 2. The Morgan fingerprint density at radius 2 is 1.57 bits per heavy atom. The summed E-state index contributed by atoms with van der Waals surface area (Å²) in [5, 5.41) is 0. The van der Waals surface area contributed by atoms with E-state index in [4.69, 9.17) is 0 Å². The van der Waals surface area contributed by atoms with E-state index in [1.165, 1.54) is 12.8 Å². The first-order valence-electron chi connectivity index (χ1n) is 8.01. The van der Waals surface area contributed by atoms with Crippen molar-refractivity contribution in [2.24, 2.45) is 0 Å². The van der Waals surface area contributed by atoms with Crippen LogP contribution < -0.4 is 0 Å². The Morgan fingerprint density at radius 3 is 2.39 bits per heavy atom. The predicted molar refractivity (Wildman–Crippen MR) is 89.4 cm³/mol. The van der Waals surface area contributed by atoms with Crippen molar-refractivity contribution < 1.29 is 4.39 Å². The number of hydrogen-bond acceptors (Lipinski definition) is 3. The molecule has 2 aromatic carbocycles. The molecule has 0 saturated carbocycles. The van der Waals surface area contributed by atoms with E-state index in [1.54, 1.807) is 18.5 Å². The third-order valence-electron chi connectivity index (χ3n) is 4.44. The van der Waals surface area contributed by atoms with Crippen LogP contribution in [-0.4, -0.2) is 28.0 Å². The molecule has 4 heteroatoms. The number of hydrogen-bond donors (Lipinski definition) is 0. The number of halogens is 1. The number of likely N-dealkylation sites (tertiary alicyclic amines) is 1. The normalized spacial score (nSPS) is 15.3. The Labute approximate surface area is 134 Å². The molecule has 0 aliphatic carbocycles. The summed E-state index contributed by atoms with van der Waals surface area (Å²) in [4.78, 5) is 10.9. The van der Waals surface area contributed by atoms with Crippen molar-refractivity contribution in [3.05, 3.63) is 60.2 Å². The van der Waals surface area contributed by atoms with Crippen LogP contribution in [0.25, 0.3) is 22.2 Å². The van der Waals surface area contributed by atoms with Gasteiger partial charge in [-0.25, -0.2) is 4.39 Å². The fourth-order valence-electron chi connectivity index (χ4n) is 3.20. The zero-order chi connectivity index (χ0) is 15.6. The van der Waals surface area contributed by atoms with E-state index in [2.05, 4.69) is 14.9 Å². The molecule has 3 aromatic rings. The van der Waals surface area contributed by atoms with Crippen molar-refractivity contribution in [2.75, 3.05) is 13.1 Å². The van der Waals surface area contributed by atoms with Gasteiger partial charge in [-0.2, -0.15) is 0 Å². The van der Waals surface area contributed by atoms with Crippen LogP contribution in [-0.2, 0) is 6.54 Å². The molecule has 0 radical (unpaired) electrons. The van der Waals surface area contributed by atoms with E-state index in [9.17, 15) is 4.39 Å². The summed E-state index contributed by atoms with van der Waals surface area (Å²) in [7, 11) is 0. The van der Waals surface area contributed by atoms with Gasteiger partial charge in [-0.1, -0.05) is 12.1 Å². The average Bonchev–Trinajstić information content (AvgIpc) is 3.09. The molecule has 23 heavy (non-hydrogen) atoms. The number of aromatic nitrogens is 2. The average molecular weight is 307 g/mol. The quantitative estimate of drug-likeness (QED) is 0.731. The smallest absolute Gasteiger partial charge is 0.127 e. The van der Waals surface area contributed by atoms with Gasteiger partial charge in [0.1, 0.15) is 5.82 Å². The maximum atomic E-state index is 14.1. The van der Waals surface area contributed by atoms with Gasteiger partial charge in [0.05, 0.1) is 11.0 Å². The maximum Gasteiger partial charge on any atom is 0.127 e. The zero-order valence-corrected chi connectivity index (χ0v) is 12.9. The molecule has 0 atom stereocenters. The van der Waals surface area contributed by atoms with Crippen molar-refractivity contribution in [1.29, 1.82) is 0 Å². The Hall–Kier alpha value is -2.33. The molecule has 116 valence electrons. The van der Waals surface area contributed by atoms with E-state index < -0.39 is 0 Å². The highest BCUT2D eigenvalue weighted by Crippen LogP contribution is 2.26. The zero-order valence-electron chi connectivity index (χ0n) is 12.9. The standard InChI is InChI=1S/C19H18FN3/c20-17-5-3-14(11-16(17)13-23-9-1-2-10-23)15-4-6-18-19(12-15)22-8-7-21-18/h3-8,11-12H,1-2,9-10,13H2. The lowest BCUT2D eigenvalue weighted by molar-refractivity contribution is 0.325. The van der Waals surface area contributed by atoms with Crippen LogP contribution in [0.5, 0.6) is 0 Å². The SMILES string of the molecule is Fc1ccc(-c2ccc3nccnc3c2)cc1CN1CCCC1.